The minimum Gasteiger partial charge on any atom is -0.463 e. The van der Waals surface area contributed by atoms with E-state index in [1.54, 1.807) is 37.3 Å². The highest BCUT2D eigenvalue weighted by Crippen LogP contribution is 2.40. The second kappa shape index (κ2) is 12.5. The molecular weight excluding hydrogens is 622 g/mol. The molecule has 4 heterocycles. The molecule has 0 radical (unpaired) electrons. The number of fused-ring (bicyclic) bond motifs is 2. The lowest BCUT2D eigenvalue weighted by molar-refractivity contribution is -0.880. The molecule has 12 nitrogen and oxygen atoms in total. The number of nitrogens with zero attached hydrogens (tertiary/aromatic N) is 4. The van der Waals surface area contributed by atoms with Crippen molar-refractivity contribution < 1.29 is 28.8 Å². The maximum absolute atomic E-state index is 14.5. The second-order valence-corrected chi connectivity index (χ2v) is 12.5. The van der Waals surface area contributed by atoms with Gasteiger partial charge in [0.05, 0.1) is 66.6 Å². The number of benzene rings is 3. The molecule has 1 atom stereocenters. The van der Waals surface area contributed by atoms with Crippen LogP contribution in [0.1, 0.15) is 29.7 Å². The number of rotatable bonds is 7. The molecule has 3 aliphatic heterocycles. The Labute approximate surface area is 273 Å². The van der Waals surface area contributed by atoms with Gasteiger partial charge in [0.1, 0.15) is 0 Å². The minimum absolute atomic E-state index is 0.0670. The molecule has 0 unspecified atom stereocenters. The topological polar surface area (TPSA) is 130 Å². The highest BCUT2D eigenvalue weighted by Gasteiger charge is 2.36. The van der Waals surface area contributed by atoms with Crippen LogP contribution in [0.25, 0.3) is 11.8 Å². The van der Waals surface area contributed by atoms with Gasteiger partial charge in [-0.25, -0.2) is 9.79 Å². The maximum atomic E-state index is 14.5. The predicted molar refractivity (Wildman–Crippen MR) is 176 cm³/mol. The van der Waals surface area contributed by atoms with Gasteiger partial charge in [-0.2, -0.15) is 0 Å². The number of non-ortho nitro benzene ring substituents is 1. The third kappa shape index (κ3) is 5.68. The highest BCUT2D eigenvalue weighted by atomic mass is 32.1. The van der Waals surface area contributed by atoms with Crippen molar-refractivity contribution in [3.63, 3.8) is 0 Å². The van der Waals surface area contributed by atoms with E-state index in [0.717, 1.165) is 31.9 Å². The lowest BCUT2D eigenvalue weighted by atomic mass is 9.93. The number of hydrogen-bond donors (Lipinski definition) is 1. The van der Waals surface area contributed by atoms with Gasteiger partial charge in [0.2, 0.25) is 6.79 Å². The van der Waals surface area contributed by atoms with E-state index in [0.29, 0.717) is 43.2 Å². The Bertz CT molecular complexity index is 2100. The van der Waals surface area contributed by atoms with Crippen LogP contribution in [0.3, 0.4) is 0 Å². The molecule has 13 heteroatoms. The summed E-state index contributed by atoms with van der Waals surface area (Å²) < 4.78 is 18.6. The largest absolute Gasteiger partial charge is 0.463 e. The first-order valence-electron chi connectivity index (χ1n) is 15.3. The van der Waals surface area contributed by atoms with Crippen molar-refractivity contribution in [3.8, 4) is 11.5 Å². The van der Waals surface area contributed by atoms with Crippen molar-refractivity contribution in [1.82, 2.24) is 4.57 Å². The molecule has 3 aromatic carbocycles. The van der Waals surface area contributed by atoms with E-state index in [9.17, 15) is 19.7 Å². The number of aromatic nitrogens is 1. The summed E-state index contributed by atoms with van der Waals surface area (Å²) in [7, 11) is 2.14. The third-order valence-electron chi connectivity index (χ3n) is 8.55. The lowest BCUT2D eigenvalue weighted by Crippen LogP contribution is -3.12. The van der Waals surface area contributed by atoms with E-state index < -0.39 is 16.9 Å². The average Bonchev–Trinajstić information content (AvgIpc) is 3.68. The predicted octanol–water partition coefficient (Wildman–Crippen LogP) is 1.91. The Hall–Kier alpha value is -5.27. The summed E-state index contributed by atoms with van der Waals surface area (Å²) in [6, 6.07) is 18.5. The SMILES string of the molecule is CCOC(=O)C1=C(c2ccccc2)N=c2s/c(=C/c3cc([N+](=O)[O-])ccc3N3CC[NH+](C)CC3)c(=O)n2[C@H]1c1ccc2c(c1)OCO2. The standard InChI is InChI=1S/C34H31N5O7S/c1-3-44-33(41)29-30(21-7-5-4-6-8-21)35-34-38(31(29)22-9-12-26-27(18-22)46-20-45-26)32(40)28(47-34)19-23-17-24(39(42)43)10-11-25(23)37-15-13-36(2)14-16-37/h4-12,17-19,31H,3,13-16,20H2,1-2H3/p+1/b28-19+/t31-/m0/s1. The van der Waals surface area contributed by atoms with Crippen molar-refractivity contribution >= 4 is 40.5 Å². The summed E-state index contributed by atoms with van der Waals surface area (Å²) in [5, 5.41) is 11.8. The number of carbonyl (C=O) groups is 1. The molecule has 0 aliphatic carbocycles. The first-order valence-corrected chi connectivity index (χ1v) is 16.2. The molecule has 7 rings (SSSR count). The second-order valence-electron chi connectivity index (χ2n) is 11.5. The number of hydrogen-bond acceptors (Lipinski definition) is 10. The number of ether oxygens (including phenoxy) is 3. The molecule has 1 N–H and O–H groups in total. The number of quaternary nitrogens is 1. The number of carbonyl (C=O) groups excluding carboxylic acids is 1. The molecule has 1 saturated heterocycles. The maximum Gasteiger partial charge on any atom is 0.338 e. The zero-order chi connectivity index (χ0) is 32.7. The van der Waals surface area contributed by atoms with Crippen molar-refractivity contribution in [2.75, 3.05) is 51.5 Å². The van der Waals surface area contributed by atoms with Gasteiger partial charge in [-0.3, -0.25) is 19.5 Å². The summed E-state index contributed by atoms with van der Waals surface area (Å²) in [5.41, 5.74) is 2.85. The minimum atomic E-state index is -0.901. The Morgan fingerprint density at radius 3 is 2.62 bits per heavy atom. The van der Waals surface area contributed by atoms with Crippen molar-refractivity contribution in [2.24, 2.45) is 4.99 Å². The van der Waals surface area contributed by atoms with Gasteiger partial charge in [-0.05, 0) is 36.8 Å². The molecule has 4 aromatic rings. The van der Waals surface area contributed by atoms with Gasteiger partial charge >= 0.3 is 5.97 Å². The molecule has 47 heavy (non-hydrogen) atoms. The zero-order valence-electron chi connectivity index (χ0n) is 25.8. The monoisotopic (exact) mass is 654 g/mol. The summed E-state index contributed by atoms with van der Waals surface area (Å²) in [4.78, 5) is 48.5. The van der Waals surface area contributed by atoms with Crippen LogP contribution in [0, 0.1) is 10.1 Å². The molecule has 1 fully saturated rings. The number of anilines is 1. The van der Waals surface area contributed by atoms with Crippen LogP contribution in [0.5, 0.6) is 11.5 Å². The Morgan fingerprint density at radius 2 is 1.87 bits per heavy atom. The summed E-state index contributed by atoms with van der Waals surface area (Å²) in [6.45, 7) is 5.33. The quantitative estimate of drug-likeness (QED) is 0.182. The smallest absolute Gasteiger partial charge is 0.338 e. The Morgan fingerprint density at radius 1 is 1.11 bits per heavy atom. The summed E-state index contributed by atoms with van der Waals surface area (Å²) in [5.74, 6) is 0.473. The highest BCUT2D eigenvalue weighted by molar-refractivity contribution is 7.07. The van der Waals surface area contributed by atoms with Crippen molar-refractivity contribution in [1.29, 1.82) is 0 Å². The van der Waals surface area contributed by atoms with Crippen LogP contribution in [0.2, 0.25) is 0 Å². The normalized spacial score (nSPS) is 17.8. The molecule has 0 amide bonds. The number of piperazine rings is 1. The molecule has 3 aliphatic rings. The zero-order valence-corrected chi connectivity index (χ0v) is 26.6. The van der Waals surface area contributed by atoms with E-state index in [1.807, 2.05) is 30.3 Å². The number of nitrogens with one attached hydrogen (secondary N) is 1. The number of nitro groups is 1. The van der Waals surface area contributed by atoms with Gasteiger partial charge in [-0.15, -0.1) is 0 Å². The van der Waals surface area contributed by atoms with Gasteiger partial charge in [-0.1, -0.05) is 47.7 Å². The molecule has 0 bridgehead atoms. The Balaban J connectivity index is 1.47. The van der Waals surface area contributed by atoms with E-state index in [-0.39, 0.29) is 30.2 Å². The third-order valence-corrected chi connectivity index (χ3v) is 9.54. The fourth-order valence-electron chi connectivity index (χ4n) is 6.17. The van der Waals surface area contributed by atoms with Crippen LogP contribution in [-0.4, -0.2) is 62.1 Å². The molecule has 1 aromatic heterocycles. The first-order chi connectivity index (χ1) is 22.8. The van der Waals surface area contributed by atoms with Gasteiger partial charge < -0.3 is 24.0 Å². The van der Waals surface area contributed by atoms with E-state index >= 15 is 0 Å². The van der Waals surface area contributed by atoms with Crippen LogP contribution in [-0.2, 0) is 9.53 Å². The van der Waals surface area contributed by atoms with Crippen LogP contribution < -0.4 is 34.2 Å². The van der Waals surface area contributed by atoms with E-state index in [4.69, 9.17) is 19.2 Å². The van der Waals surface area contributed by atoms with Gasteiger partial charge in [0, 0.05) is 28.9 Å². The van der Waals surface area contributed by atoms with E-state index in [1.165, 1.54) is 32.9 Å². The number of likely N-dealkylation sites (N-methyl/N-ethyl adjacent to an activating group) is 1. The first kappa shape index (κ1) is 30.4. The fourth-order valence-corrected chi connectivity index (χ4v) is 7.16. The molecular formula is C34H32N5O7S+. The summed E-state index contributed by atoms with van der Waals surface area (Å²) in [6.07, 6.45) is 1.70. The van der Waals surface area contributed by atoms with E-state index in [2.05, 4.69) is 11.9 Å². The molecule has 240 valence electrons. The number of nitro benzene ring substituents is 1. The number of esters is 1. The molecule has 0 saturated carbocycles. The lowest BCUT2D eigenvalue weighted by Gasteiger charge is -2.32. The number of thiazole rings is 1. The Kier molecular flexibility index (Phi) is 8.08. The van der Waals surface area contributed by atoms with Gasteiger partial charge in [0.25, 0.3) is 11.2 Å². The average molecular weight is 655 g/mol. The fraction of sp³-hybridized carbons (Fsp3) is 0.265. The van der Waals surface area contributed by atoms with Crippen molar-refractivity contribution in [3.05, 3.63) is 119 Å². The van der Waals surface area contributed by atoms with Gasteiger partial charge in [0.15, 0.2) is 16.3 Å². The summed E-state index contributed by atoms with van der Waals surface area (Å²) >= 11 is 1.17. The van der Waals surface area contributed by atoms with Crippen LogP contribution in [0.15, 0.2) is 82.1 Å². The van der Waals surface area contributed by atoms with Crippen LogP contribution in [0.4, 0.5) is 11.4 Å². The van der Waals surface area contributed by atoms with Crippen molar-refractivity contribution in [2.45, 2.75) is 13.0 Å². The molecule has 0 spiro atoms. The van der Waals surface area contributed by atoms with Crippen LogP contribution >= 0.6 is 11.3 Å².